The van der Waals surface area contributed by atoms with Crippen LogP contribution in [0.15, 0.2) is 0 Å². The van der Waals surface area contributed by atoms with Gasteiger partial charge in [-0.2, -0.15) is 0 Å². The molecule has 0 aromatic carbocycles. The molecule has 0 saturated heterocycles. The molecule has 0 heterocycles. The Hall–Kier alpha value is -0.610. The number of unbranched alkanes of at least 4 members (excludes halogenated alkanes) is 3. The lowest BCUT2D eigenvalue weighted by atomic mass is 9.89. The van der Waals surface area contributed by atoms with E-state index < -0.39 is 6.23 Å². The molecule has 1 atom stereocenters. The van der Waals surface area contributed by atoms with Crippen LogP contribution in [0.5, 0.6) is 0 Å². The first-order chi connectivity index (χ1) is 8.40. The van der Waals surface area contributed by atoms with Crippen molar-refractivity contribution in [2.24, 2.45) is 5.41 Å². The van der Waals surface area contributed by atoms with Crippen LogP contribution >= 0.6 is 0 Å². The van der Waals surface area contributed by atoms with Crippen LogP contribution in [0.4, 0.5) is 0 Å². The van der Waals surface area contributed by atoms with Crippen molar-refractivity contribution in [2.75, 3.05) is 13.1 Å². The van der Waals surface area contributed by atoms with Crippen LogP contribution < -0.4 is 10.6 Å². The van der Waals surface area contributed by atoms with E-state index in [1.165, 1.54) is 0 Å². The molecule has 108 valence electrons. The van der Waals surface area contributed by atoms with E-state index in [0.717, 1.165) is 45.2 Å². The minimum absolute atomic E-state index is 0.153. The molecule has 0 radical (unpaired) electrons. The van der Waals surface area contributed by atoms with Crippen LogP contribution in [-0.2, 0) is 4.79 Å². The Kier molecular flexibility index (Phi) is 9.02. The van der Waals surface area contributed by atoms with E-state index in [4.69, 9.17) is 5.11 Å². The molecular weight excluding hydrogens is 228 g/mol. The standard InChI is InChI=1S/C14H30N2O2/c1-5-14(3,4)13(18)16-11-9-7-6-8-10-15-12(2)17/h12,15,17H,5-11H2,1-4H3,(H,16,18). The molecule has 0 aliphatic rings. The number of carbonyl (C=O) groups excluding carboxylic acids is 1. The highest BCUT2D eigenvalue weighted by atomic mass is 16.3. The summed E-state index contributed by atoms with van der Waals surface area (Å²) in [4.78, 5) is 11.8. The number of amides is 1. The number of hydrogen-bond donors (Lipinski definition) is 3. The van der Waals surface area contributed by atoms with E-state index in [2.05, 4.69) is 10.6 Å². The maximum atomic E-state index is 11.8. The SMILES string of the molecule is CCC(C)(C)C(=O)NCCCCCCNC(C)O. The van der Waals surface area contributed by atoms with Gasteiger partial charge in [-0.25, -0.2) is 0 Å². The molecule has 0 rings (SSSR count). The van der Waals surface area contributed by atoms with Gasteiger partial charge in [0.05, 0.1) is 0 Å². The predicted octanol–water partition coefficient (Wildman–Crippen LogP) is 2.03. The Morgan fingerprint density at radius 2 is 1.72 bits per heavy atom. The van der Waals surface area contributed by atoms with Crippen molar-refractivity contribution >= 4 is 5.91 Å². The summed E-state index contributed by atoms with van der Waals surface area (Å²) in [6.07, 6.45) is 4.80. The van der Waals surface area contributed by atoms with Gasteiger partial charge in [0.25, 0.3) is 0 Å². The number of nitrogens with one attached hydrogen (secondary N) is 2. The van der Waals surface area contributed by atoms with Crippen LogP contribution in [-0.4, -0.2) is 30.3 Å². The van der Waals surface area contributed by atoms with Crippen LogP contribution in [0.3, 0.4) is 0 Å². The molecule has 0 saturated carbocycles. The molecule has 0 aromatic heterocycles. The maximum absolute atomic E-state index is 11.8. The monoisotopic (exact) mass is 258 g/mol. The second-order valence-corrected chi connectivity index (χ2v) is 5.54. The number of aliphatic hydroxyl groups is 1. The van der Waals surface area contributed by atoms with E-state index in [-0.39, 0.29) is 11.3 Å². The molecular formula is C14H30N2O2. The zero-order chi connectivity index (χ0) is 14.0. The number of hydrogen-bond acceptors (Lipinski definition) is 3. The van der Waals surface area contributed by atoms with Gasteiger partial charge in [-0.3, -0.25) is 10.1 Å². The largest absolute Gasteiger partial charge is 0.379 e. The van der Waals surface area contributed by atoms with Gasteiger partial charge >= 0.3 is 0 Å². The van der Waals surface area contributed by atoms with Crippen LogP contribution in [0.1, 0.15) is 59.8 Å². The molecule has 1 amide bonds. The van der Waals surface area contributed by atoms with Crippen molar-refractivity contribution in [2.45, 2.75) is 66.0 Å². The van der Waals surface area contributed by atoms with Crippen LogP contribution in [0.2, 0.25) is 0 Å². The van der Waals surface area contributed by atoms with Crippen molar-refractivity contribution in [3.8, 4) is 0 Å². The molecule has 0 spiro atoms. The van der Waals surface area contributed by atoms with Crippen molar-refractivity contribution in [1.82, 2.24) is 10.6 Å². The van der Waals surface area contributed by atoms with E-state index in [1.54, 1.807) is 6.92 Å². The van der Waals surface area contributed by atoms with Gasteiger partial charge in [-0.1, -0.05) is 33.6 Å². The Labute approximate surface area is 112 Å². The predicted molar refractivity (Wildman–Crippen MR) is 75.2 cm³/mol. The maximum Gasteiger partial charge on any atom is 0.225 e. The fourth-order valence-electron chi connectivity index (χ4n) is 1.52. The average molecular weight is 258 g/mol. The zero-order valence-corrected chi connectivity index (χ0v) is 12.4. The summed E-state index contributed by atoms with van der Waals surface area (Å²) in [5.74, 6) is 0.153. The normalized spacial score (nSPS) is 13.4. The topological polar surface area (TPSA) is 61.4 Å². The second-order valence-electron chi connectivity index (χ2n) is 5.54. The molecule has 0 aliphatic heterocycles. The van der Waals surface area contributed by atoms with E-state index in [1.807, 2.05) is 20.8 Å². The van der Waals surface area contributed by atoms with Crippen LogP contribution in [0.25, 0.3) is 0 Å². The van der Waals surface area contributed by atoms with Gasteiger partial charge < -0.3 is 10.4 Å². The van der Waals surface area contributed by atoms with Gasteiger partial charge in [-0.15, -0.1) is 0 Å². The molecule has 1 unspecified atom stereocenters. The summed E-state index contributed by atoms with van der Waals surface area (Å²) in [7, 11) is 0. The quantitative estimate of drug-likeness (QED) is 0.415. The van der Waals surface area contributed by atoms with Gasteiger partial charge in [0.1, 0.15) is 6.23 Å². The third-order valence-electron chi connectivity index (χ3n) is 3.33. The third-order valence-corrected chi connectivity index (χ3v) is 3.33. The summed E-state index contributed by atoms with van der Waals surface area (Å²) in [6.45, 7) is 9.34. The Balaban J connectivity index is 3.38. The lowest BCUT2D eigenvalue weighted by Crippen LogP contribution is -2.36. The summed E-state index contributed by atoms with van der Waals surface area (Å²) in [6, 6.07) is 0. The fourth-order valence-corrected chi connectivity index (χ4v) is 1.52. The molecule has 0 bridgehead atoms. The molecule has 0 aliphatic carbocycles. The second kappa shape index (κ2) is 9.34. The smallest absolute Gasteiger partial charge is 0.225 e. The summed E-state index contributed by atoms with van der Waals surface area (Å²) >= 11 is 0. The average Bonchev–Trinajstić information content (AvgIpc) is 2.31. The highest BCUT2D eigenvalue weighted by Gasteiger charge is 2.24. The number of aliphatic hydroxyl groups excluding tert-OH is 1. The van der Waals surface area contributed by atoms with Gasteiger partial charge in [-0.05, 0) is 32.7 Å². The Morgan fingerprint density at radius 3 is 2.22 bits per heavy atom. The van der Waals surface area contributed by atoms with Crippen molar-refractivity contribution in [3.63, 3.8) is 0 Å². The van der Waals surface area contributed by atoms with Gasteiger partial charge in [0, 0.05) is 12.0 Å². The first-order valence-electron chi connectivity index (χ1n) is 7.10. The highest BCUT2D eigenvalue weighted by Crippen LogP contribution is 2.19. The first kappa shape index (κ1) is 17.4. The summed E-state index contributed by atoms with van der Waals surface area (Å²) < 4.78 is 0. The van der Waals surface area contributed by atoms with E-state index in [9.17, 15) is 4.79 Å². The van der Waals surface area contributed by atoms with Crippen molar-refractivity contribution in [3.05, 3.63) is 0 Å². The zero-order valence-electron chi connectivity index (χ0n) is 12.4. The molecule has 0 fully saturated rings. The van der Waals surface area contributed by atoms with Gasteiger partial charge in [0.2, 0.25) is 5.91 Å². The van der Waals surface area contributed by atoms with Crippen molar-refractivity contribution in [1.29, 1.82) is 0 Å². The lowest BCUT2D eigenvalue weighted by molar-refractivity contribution is -0.129. The fraction of sp³-hybridized carbons (Fsp3) is 0.929. The summed E-state index contributed by atoms with van der Waals surface area (Å²) in [5.41, 5.74) is -0.249. The molecule has 0 aromatic rings. The molecule has 4 heteroatoms. The van der Waals surface area contributed by atoms with Crippen molar-refractivity contribution < 1.29 is 9.90 Å². The molecule has 18 heavy (non-hydrogen) atoms. The highest BCUT2D eigenvalue weighted by molar-refractivity contribution is 5.81. The van der Waals surface area contributed by atoms with Gasteiger partial charge in [0.15, 0.2) is 0 Å². The summed E-state index contributed by atoms with van der Waals surface area (Å²) in [5, 5.41) is 15.0. The van der Waals surface area contributed by atoms with Crippen LogP contribution in [0, 0.1) is 5.41 Å². The first-order valence-corrected chi connectivity index (χ1v) is 7.10. The minimum Gasteiger partial charge on any atom is -0.379 e. The van der Waals surface area contributed by atoms with E-state index in [0.29, 0.717) is 0 Å². The molecule has 3 N–H and O–H groups in total. The Morgan fingerprint density at radius 1 is 1.17 bits per heavy atom. The number of carbonyl (C=O) groups is 1. The Bertz CT molecular complexity index is 228. The third kappa shape index (κ3) is 8.48. The number of rotatable bonds is 10. The molecule has 4 nitrogen and oxygen atoms in total. The van der Waals surface area contributed by atoms with E-state index >= 15 is 0 Å². The lowest BCUT2D eigenvalue weighted by Gasteiger charge is -2.21. The minimum atomic E-state index is -0.416.